The zero-order valence-corrected chi connectivity index (χ0v) is 14.4. The topological polar surface area (TPSA) is 118 Å². The molecule has 6 nitrogen and oxygen atoms in total. The quantitative estimate of drug-likeness (QED) is 0.482. The molecule has 2 aliphatic rings. The SMILES string of the molecule is N[C@@H]1CCCC[C@H]1NC1CCCC1.O=C([O-])CC(=O)[O-].[Pt+2]. The van der Waals surface area contributed by atoms with Gasteiger partial charge in [0.2, 0.25) is 0 Å². The van der Waals surface area contributed by atoms with Crippen LogP contribution in [-0.2, 0) is 30.7 Å². The first kappa shape index (κ1) is 20.5. The molecule has 3 N–H and O–H groups in total. The average molecular weight is 479 g/mol. The van der Waals surface area contributed by atoms with Crippen LogP contribution in [-0.4, -0.2) is 30.1 Å². The number of rotatable bonds is 4. The summed E-state index contributed by atoms with van der Waals surface area (Å²) in [6.07, 6.45) is 9.80. The molecule has 0 aromatic carbocycles. The van der Waals surface area contributed by atoms with Crippen LogP contribution in [0.4, 0.5) is 0 Å². The largest absolute Gasteiger partial charge is 2.00 e. The molecule has 0 bridgehead atoms. The van der Waals surface area contributed by atoms with Gasteiger partial charge in [-0.1, -0.05) is 25.7 Å². The molecule has 0 heterocycles. The van der Waals surface area contributed by atoms with Crippen molar-refractivity contribution in [1.29, 1.82) is 0 Å². The van der Waals surface area contributed by atoms with Crippen LogP contribution in [0, 0.1) is 0 Å². The summed E-state index contributed by atoms with van der Waals surface area (Å²) in [7, 11) is 0. The van der Waals surface area contributed by atoms with Crippen molar-refractivity contribution in [2.45, 2.75) is 75.9 Å². The molecule has 2 saturated carbocycles. The summed E-state index contributed by atoms with van der Waals surface area (Å²) in [4.78, 5) is 18.6. The standard InChI is InChI=1S/C11H22N2.C3H4O4.Pt/c12-10-7-3-4-8-11(10)13-9-5-1-2-6-9;4-2(5)1-3(6)7;/h9-11,13H,1-8,12H2;1H2,(H,4,5)(H,6,7);/q;;+2/p-2/t10-,11-;;/m1../s1. The van der Waals surface area contributed by atoms with Crippen molar-refractivity contribution in [3.05, 3.63) is 0 Å². The summed E-state index contributed by atoms with van der Waals surface area (Å²) < 4.78 is 0. The average Bonchev–Trinajstić information content (AvgIpc) is 2.84. The number of nitrogens with one attached hydrogen (secondary N) is 1. The third-order valence-electron chi connectivity index (χ3n) is 3.91. The Bertz CT molecular complexity index is 310. The van der Waals surface area contributed by atoms with Crippen molar-refractivity contribution >= 4 is 11.9 Å². The van der Waals surface area contributed by atoms with Gasteiger partial charge in [-0.2, -0.15) is 0 Å². The van der Waals surface area contributed by atoms with Gasteiger partial charge in [-0.05, 0) is 25.7 Å². The second-order valence-corrected chi connectivity index (χ2v) is 5.62. The van der Waals surface area contributed by atoms with E-state index in [2.05, 4.69) is 5.32 Å². The Hall–Kier alpha value is -0.452. The van der Waals surface area contributed by atoms with E-state index in [1.807, 2.05) is 0 Å². The first-order valence-corrected chi connectivity index (χ1v) is 7.40. The monoisotopic (exact) mass is 479 g/mol. The van der Waals surface area contributed by atoms with Gasteiger partial charge in [0.15, 0.2) is 0 Å². The molecular weight excluding hydrogens is 455 g/mol. The second kappa shape index (κ2) is 11.2. The minimum absolute atomic E-state index is 0. The number of hydrogen-bond acceptors (Lipinski definition) is 6. The van der Waals surface area contributed by atoms with E-state index in [4.69, 9.17) is 5.73 Å². The predicted octanol–water partition coefficient (Wildman–Crippen LogP) is -1.34. The maximum atomic E-state index is 9.28. The molecule has 21 heavy (non-hydrogen) atoms. The van der Waals surface area contributed by atoms with Crippen molar-refractivity contribution in [3.8, 4) is 0 Å². The second-order valence-electron chi connectivity index (χ2n) is 5.62. The van der Waals surface area contributed by atoms with E-state index in [0.29, 0.717) is 12.1 Å². The Morgan fingerprint density at radius 3 is 1.86 bits per heavy atom. The van der Waals surface area contributed by atoms with Crippen LogP contribution in [0.25, 0.3) is 0 Å². The molecule has 2 aliphatic carbocycles. The van der Waals surface area contributed by atoms with Crippen molar-refractivity contribution in [3.63, 3.8) is 0 Å². The van der Waals surface area contributed by atoms with Gasteiger partial charge in [-0.15, -0.1) is 0 Å². The van der Waals surface area contributed by atoms with Gasteiger partial charge in [0.1, 0.15) is 0 Å². The number of aliphatic carboxylic acids is 2. The van der Waals surface area contributed by atoms with Gasteiger partial charge in [-0.3, -0.25) is 0 Å². The minimum atomic E-state index is -1.63. The molecule has 0 aromatic heterocycles. The zero-order chi connectivity index (χ0) is 15.0. The Kier molecular flexibility index (Phi) is 10.9. The van der Waals surface area contributed by atoms with Gasteiger partial charge in [0.05, 0.1) is 0 Å². The van der Waals surface area contributed by atoms with E-state index < -0.39 is 18.4 Å². The molecule has 0 radical (unpaired) electrons. The predicted molar refractivity (Wildman–Crippen MR) is 70.3 cm³/mol. The van der Waals surface area contributed by atoms with Crippen molar-refractivity contribution < 1.29 is 40.9 Å². The number of hydrogen-bond donors (Lipinski definition) is 2. The van der Waals surface area contributed by atoms with Crippen molar-refractivity contribution in [2.75, 3.05) is 0 Å². The fourth-order valence-corrected chi connectivity index (χ4v) is 2.88. The van der Waals surface area contributed by atoms with E-state index in [-0.39, 0.29) is 21.1 Å². The molecule has 0 saturated heterocycles. The molecule has 2 fully saturated rings. The van der Waals surface area contributed by atoms with Crippen LogP contribution >= 0.6 is 0 Å². The summed E-state index contributed by atoms with van der Waals surface area (Å²) in [6.45, 7) is 0. The van der Waals surface area contributed by atoms with Crippen LogP contribution in [0.5, 0.6) is 0 Å². The van der Waals surface area contributed by atoms with Crippen LogP contribution in [0.1, 0.15) is 57.8 Å². The molecule has 0 unspecified atom stereocenters. The number of carboxylic acids is 2. The fourth-order valence-electron chi connectivity index (χ4n) is 2.88. The first-order valence-electron chi connectivity index (χ1n) is 7.40. The van der Waals surface area contributed by atoms with Gasteiger partial charge >= 0.3 is 21.1 Å². The third kappa shape index (κ3) is 9.22. The molecule has 2 atom stereocenters. The van der Waals surface area contributed by atoms with Crippen molar-refractivity contribution in [1.82, 2.24) is 5.32 Å². The van der Waals surface area contributed by atoms with Crippen molar-refractivity contribution in [2.24, 2.45) is 5.73 Å². The molecular formula is C14H24N2O4Pt. The fraction of sp³-hybridized carbons (Fsp3) is 0.857. The summed E-state index contributed by atoms with van der Waals surface area (Å²) >= 11 is 0. The van der Waals surface area contributed by atoms with Crippen LogP contribution < -0.4 is 21.3 Å². The van der Waals surface area contributed by atoms with Gasteiger partial charge in [-0.25, -0.2) is 0 Å². The van der Waals surface area contributed by atoms with E-state index in [0.717, 1.165) is 6.04 Å². The number of carbonyl (C=O) groups is 2. The summed E-state index contributed by atoms with van der Waals surface area (Å²) in [6, 6.07) is 1.83. The smallest absolute Gasteiger partial charge is 0.550 e. The summed E-state index contributed by atoms with van der Waals surface area (Å²) in [5.41, 5.74) is 6.09. The first-order chi connectivity index (χ1) is 9.49. The summed E-state index contributed by atoms with van der Waals surface area (Å²) in [5, 5.41) is 22.3. The number of nitrogens with two attached hydrogens (primary N) is 1. The Morgan fingerprint density at radius 1 is 0.952 bits per heavy atom. The van der Waals surface area contributed by atoms with Crippen LogP contribution in [0.15, 0.2) is 0 Å². The number of carboxylic acid groups (broad SMARTS) is 2. The Labute approximate surface area is 140 Å². The molecule has 0 aliphatic heterocycles. The van der Waals surface area contributed by atoms with Crippen LogP contribution in [0.3, 0.4) is 0 Å². The zero-order valence-electron chi connectivity index (χ0n) is 12.1. The minimum Gasteiger partial charge on any atom is -0.550 e. The summed E-state index contributed by atoms with van der Waals surface area (Å²) in [5.74, 6) is -3.25. The van der Waals surface area contributed by atoms with E-state index >= 15 is 0 Å². The molecule has 124 valence electrons. The van der Waals surface area contributed by atoms with Gasteiger partial charge < -0.3 is 30.9 Å². The number of carbonyl (C=O) groups excluding carboxylic acids is 2. The van der Waals surface area contributed by atoms with E-state index in [1.54, 1.807) is 0 Å². The molecule has 0 amide bonds. The molecule has 0 aromatic rings. The maximum absolute atomic E-state index is 9.28. The molecule has 2 rings (SSSR count). The van der Waals surface area contributed by atoms with Gasteiger partial charge in [0.25, 0.3) is 0 Å². The third-order valence-corrected chi connectivity index (χ3v) is 3.91. The van der Waals surface area contributed by atoms with Crippen LogP contribution in [0.2, 0.25) is 0 Å². The maximum Gasteiger partial charge on any atom is 2.00 e. The van der Waals surface area contributed by atoms with E-state index in [1.165, 1.54) is 51.4 Å². The Balaban J connectivity index is 0.000000436. The Morgan fingerprint density at radius 2 is 1.43 bits per heavy atom. The van der Waals surface area contributed by atoms with Gasteiger partial charge in [0, 0.05) is 36.5 Å². The normalized spacial score (nSPS) is 25.4. The van der Waals surface area contributed by atoms with E-state index in [9.17, 15) is 19.8 Å². The molecule has 7 heteroatoms. The molecule has 0 spiro atoms.